The second-order valence-corrected chi connectivity index (χ2v) is 4.89. The van der Waals surface area contributed by atoms with E-state index in [1.807, 2.05) is 0 Å². The molecule has 104 valence electrons. The first kappa shape index (κ1) is 14.6. The van der Waals surface area contributed by atoms with Crippen LogP contribution in [0.25, 0.3) is 10.8 Å². The van der Waals surface area contributed by atoms with E-state index in [4.69, 9.17) is 27.9 Å². The lowest BCUT2D eigenvalue weighted by molar-refractivity contribution is -0.131. The Morgan fingerprint density at radius 3 is 2.35 bits per heavy atom. The van der Waals surface area contributed by atoms with E-state index in [2.05, 4.69) is 4.74 Å². The normalized spacial score (nSPS) is 10.4. The van der Waals surface area contributed by atoms with Crippen LogP contribution in [0.5, 0.6) is 5.75 Å². The molecule has 0 radical (unpaired) electrons. The van der Waals surface area contributed by atoms with Crippen LogP contribution in [0.4, 0.5) is 0 Å². The van der Waals surface area contributed by atoms with Gasteiger partial charge >= 0.3 is 11.9 Å². The Kier molecular flexibility index (Phi) is 4.16. The molecule has 0 aromatic heterocycles. The maximum atomic E-state index is 11.6. The molecule has 0 spiro atoms. The van der Waals surface area contributed by atoms with E-state index in [0.29, 0.717) is 20.8 Å². The summed E-state index contributed by atoms with van der Waals surface area (Å²) in [6, 6.07) is 6.14. The highest BCUT2D eigenvalue weighted by molar-refractivity contribution is 6.39. The van der Waals surface area contributed by atoms with Gasteiger partial charge in [-0.15, -0.1) is 0 Å². The van der Waals surface area contributed by atoms with E-state index in [9.17, 15) is 9.59 Å². The van der Waals surface area contributed by atoms with Crippen LogP contribution >= 0.6 is 23.2 Å². The lowest BCUT2D eigenvalue weighted by Gasteiger charge is -2.10. The molecule has 4 nitrogen and oxygen atoms in total. The summed E-state index contributed by atoms with van der Waals surface area (Å²) in [7, 11) is 1.27. The minimum absolute atomic E-state index is 0.208. The van der Waals surface area contributed by atoms with E-state index in [1.54, 1.807) is 18.2 Å². The molecule has 0 saturated heterocycles. The highest BCUT2D eigenvalue weighted by Crippen LogP contribution is 2.35. The number of carbonyl (C=O) groups excluding carboxylic acids is 2. The predicted molar refractivity (Wildman–Crippen MR) is 76.6 cm³/mol. The van der Waals surface area contributed by atoms with Gasteiger partial charge in [-0.25, -0.2) is 4.79 Å². The van der Waals surface area contributed by atoms with E-state index in [1.165, 1.54) is 20.1 Å². The fourth-order valence-electron chi connectivity index (χ4n) is 1.83. The zero-order chi connectivity index (χ0) is 14.9. The summed E-state index contributed by atoms with van der Waals surface area (Å²) in [5, 5.41) is 1.86. The predicted octanol–water partition coefficient (Wildman–Crippen LogP) is 3.86. The van der Waals surface area contributed by atoms with Crippen molar-refractivity contribution in [2.75, 3.05) is 7.11 Å². The first-order valence-corrected chi connectivity index (χ1v) is 6.37. The fourth-order valence-corrected chi connectivity index (χ4v) is 2.37. The molecule has 0 bridgehead atoms. The van der Waals surface area contributed by atoms with Crippen LogP contribution in [0.15, 0.2) is 24.3 Å². The van der Waals surface area contributed by atoms with Crippen LogP contribution in [0.2, 0.25) is 10.0 Å². The summed E-state index contributed by atoms with van der Waals surface area (Å²) in [4.78, 5) is 22.8. The van der Waals surface area contributed by atoms with Gasteiger partial charge in [-0.2, -0.15) is 0 Å². The summed E-state index contributed by atoms with van der Waals surface area (Å²) >= 11 is 12.1. The standard InChI is InChI=1S/C14H10Cl2O4/c1-7(17)20-13-4-8(14(18)19-2)3-10-11(13)5-9(15)6-12(10)16/h3-6H,1-2H3. The molecule has 2 aromatic rings. The molecule has 0 aliphatic carbocycles. The quantitative estimate of drug-likeness (QED) is 0.624. The zero-order valence-corrected chi connectivity index (χ0v) is 12.2. The maximum Gasteiger partial charge on any atom is 0.338 e. The third kappa shape index (κ3) is 2.86. The number of hydrogen-bond donors (Lipinski definition) is 0. The SMILES string of the molecule is COC(=O)c1cc(OC(C)=O)c2cc(Cl)cc(Cl)c2c1. The van der Waals surface area contributed by atoms with Gasteiger partial charge in [0.05, 0.1) is 17.7 Å². The molecule has 0 N–H and O–H groups in total. The van der Waals surface area contributed by atoms with Gasteiger partial charge in [0.2, 0.25) is 0 Å². The van der Waals surface area contributed by atoms with Crippen molar-refractivity contribution in [3.05, 3.63) is 39.9 Å². The molecule has 0 amide bonds. The van der Waals surface area contributed by atoms with E-state index < -0.39 is 11.9 Å². The first-order valence-electron chi connectivity index (χ1n) is 5.62. The van der Waals surface area contributed by atoms with Crippen LogP contribution in [0, 0.1) is 0 Å². The summed E-state index contributed by atoms with van der Waals surface area (Å²) in [5.74, 6) is -0.851. The molecule has 0 unspecified atom stereocenters. The van der Waals surface area contributed by atoms with Gasteiger partial charge in [-0.3, -0.25) is 4.79 Å². The number of ether oxygens (including phenoxy) is 2. The summed E-state index contributed by atoms with van der Waals surface area (Å²) in [6.07, 6.45) is 0. The first-order chi connectivity index (χ1) is 9.42. The Morgan fingerprint density at radius 1 is 1.05 bits per heavy atom. The third-order valence-electron chi connectivity index (χ3n) is 2.62. The van der Waals surface area contributed by atoms with Gasteiger partial charge in [-0.1, -0.05) is 23.2 Å². The van der Waals surface area contributed by atoms with Gasteiger partial charge in [0.1, 0.15) is 5.75 Å². The Balaban J connectivity index is 2.77. The zero-order valence-electron chi connectivity index (χ0n) is 10.7. The molecule has 0 fully saturated rings. The number of benzene rings is 2. The molecular weight excluding hydrogens is 303 g/mol. The second-order valence-electron chi connectivity index (χ2n) is 4.04. The van der Waals surface area contributed by atoms with Crippen LogP contribution in [-0.4, -0.2) is 19.0 Å². The van der Waals surface area contributed by atoms with Crippen molar-refractivity contribution in [2.45, 2.75) is 6.92 Å². The van der Waals surface area contributed by atoms with E-state index in [-0.39, 0.29) is 11.3 Å². The highest BCUT2D eigenvalue weighted by atomic mass is 35.5. The molecule has 20 heavy (non-hydrogen) atoms. The lowest BCUT2D eigenvalue weighted by Crippen LogP contribution is -2.05. The van der Waals surface area contributed by atoms with Crippen LogP contribution in [0.3, 0.4) is 0 Å². The molecule has 0 heterocycles. The Morgan fingerprint density at radius 2 is 1.75 bits per heavy atom. The van der Waals surface area contributed by atoms with Crippen LogP contribution < -0.4 is 4.74 Å². The molecular formula is C14H10Cl2O4. The van der Waals surface area contributed by atoms with Crippen molar-refractivity contribution in [1.29, 1.82) is 0 Å². The van der Waals surface area contributed by atoms with Gasteiger partial charge in [-0.05, 0) is 24.3 Å². The Bertz CT molecular complexity index is 710. The number of esters is 2. The van der Waals surface area contributed by atoms with E-state index >= 15 is 0 Å². The molecule has 0 saturated carbocycles. The van der Waals surface area contributed by atoms with Crippen molar-refractivity contribution >= 4 is 45.9 Å². The van der Waals surface area contributed by atoms with Gasteiger partial charge < -0.3 is 9.47 Å². The Labute approximate surface area is 125 Å². The van der Waals surface area contributed by atoms with Crippen molar-refractivity contribution < 1.29 is 19.1 Å². The second kappa shape index (κ2) is 5.69. The van der Waals surface area contributed by atoms with Gasteiger partial charge in [0.25, 0.3) is 0 Å². The van der Waals surface area contributed by atoms with E-state index in [0.717, 1.165) is 0 Å². The molecule has 6 heteroatoms. The average molecular weight is 313 g/mol. The minimum Gasteiger partial charge on any atom is -0.465 e. The highest BCUT2D eigenvalue weighted by Gasteiger charge is 2.15. The largest absolute Gasteiger partial charge is 0.465 e. The third-order valence-corrected chi connectivity index (χ3v) is 3.15. The molecule has 0 atom stereocenters. The topological polar surface area (TPSA) is 52.6 Å². The molecule has 0 aliphatic rings. The van der Waals surface area contributed by atoms with Crippen molar-refractivity contribution in [3.63, 3.8) is 0 Å². The number of rotatable bonds is 2. The summed E-state index contributed by atoms with van der Waals surface area (Å²) in [6.45, 7) is 1.27. The Hall–Kier alpha value is -1.78. The average Bonchev–Trinajstić information content (AvgIpc) is 2.37. The number of hydrogen-bond acceptors (Lipinski definition) is 4. The smallest absolute Gasteiger partial charge is 0.338 e. The number of carbonyl (C=O) groups is 2. The summed E-state index contributed by atoms with van der Waals surface area (Å²) < 4.78 is 9.77. The maximum absolute atomic E-state index is 11.6. The van der Waals surface area contributed by atoms with Gasteiger partial charge in [0.15, 0.2) is 0 Å². The molecule has 2 rings (SSSR count). The lowest BCUT2D eigenvalue weighted by atomic mass is 10.1. The monoisotopic (exact) mass is 312 g/mol. The molecule has 2 aromatic carbocycles. The van der Waals surface area contributed by atoms with Crippen LogP contribution in [-0.2, 0) is 9.53 Å². The fraction of sp³-hybridized carbons (Fsp3) is 0.143. The summed E-state index contributed by atoms with van der Waals surface area (Å²) in [5.41, 5.74) is 0.237. The number of methoxy groups -OCH3 is 1. The van der Waals surface area contributed by atoms with Crippen molar-refractivity contribution in [1.82, 2.24) is 0 Å². The number of halogens is 2. The van der Waals surface area contributed by atoms with Gasteiger partial charge in [0, 0.05) is 22.7 Å². The molecule has 0 aliphatic heterocycles. The van der Waals surface area contributed by atoms with Crippen molar-refractivity contribution in [2.24, 2.45) is 0 Å². The minimum atomic E-state index is -0.550. The number of fused-ring (bicyclic) bond motifs is 1. The van der Waals surface area contributed by atoms with Crippen LogP contribution in [0.1, 0.15) is 17.3 Å². The van der Waals surface area contributed by atoms with Crippen molar-refractivity contribution in [3.8, 4) is 5.75 Å².